The molecule has 4 rings (SSSR count). The number of allylic oxidation sites excluding steroid dienone is 2. The van der Waals surface area contributed by atoms with Crippen LogP contribution in [0.3, 0.4) is 0 Å². The molecule has 1 N–H and O–H groups in total. The Bertz CT molecular complexity index is 924. The summed E-state index contributed by atoms with van der Waals surface area (Å²) in [5, 5.41) is 12.6. The van der Waals surface area contributed by atoms with Crippen LogP contribution >= 0.6 is 22.7 Å². The van der Waals surface area contributed by atoms with Crippen LogP contribution < -0.4 is 0 Å². The van der Waals surface area contributed by atoms with E-state index in [9.17, 15) is 14.7 Å². The zero-order valence-corrected chi connectivity index (χ0v) is 17.7. The summed E-state index contributed by atoms with van der Waals surface area (Å²) in [7, 11) is 0. The van der Waals surface area contributed by atoms with Gasteiger partial charge in [-0.2, -0.15) is 0 Å². The quantitative estimate of drug-likeness (QED) is 0.536. The van der Waals surface area contributed by atoms with Crippen molar-refractivity contribution < 1.29 is 14.7 Å². The lowest BCUT2D eigenvalue weighted by Crippen LogP contribution is -2.32. The van der Waals surface area contributed by atoms with Crippen molar-refractivity contribution in [2.24, 2.45) is 11.8 Å². The topological polar surface area (TPSA) is 67.3 Å². The van der Waals surface area contributed by atoms with Crippen LogP contribution in [0, 0.1) is 18.8 Å². The average molecular weight is 416 g/mol. The number of rotatable bonds is 5. The van der Waals surface area contributed by atoms with Crippen molar-refractivity contribution in [2.75, 3.05) is 0 Å². The van der Waals surface area contributed by atoms with Gasteiger partial charge in [0.25, 0.3) is 0 Å². The van der Waals surface area contributed by atoms with E-state index in [1.165, 1.54) is 35.3 Å². The van der Waals surface area contributed by atoms with Gasteiger partial charge in [0, 0.05) is 38.7 Å². The predicted molar refractivity (Wildman–Crippen MR) is 113 cm³/mol. The number of ketones is 1. The molecule has 0 amide bonds. The first-order valence-corrected chi connectivity index (χ1v) is 11.7. The van der Waals surface area contributed by atoms with Gasteiger partial charge in [-0.1, -0.05) is 18.6 Å². The van der Waals surface area contributed by atoms with Crippen LogP contribution in [0.5, 0.6) is 0 Å². The summed E-state index contributed by atoms with van der Waals surface area (Å²) >= 11 is 3.41. The van der Waals surface area contributed by atoms with Gasteiger partial charge in [0.15, 0.2) is 0 Å². The largest absolute Gasteiger partial charge is 0.481 e. The fourth-order valence-corrected chi connectivity index (χ4v) is 6.74. The number of fused-ring (bicyclic) bond motifs is 1. The number of aliphatic carboxylic acids is 1. The molecule has 0 spiro atoms. The van der Waals surface area contributed by atoms with E-state index in [-0.39, 0.29) is 5.78 Å². The molecule has 2 aromatic rings. The van der Waals surface area contributed by atoms with Gasteiger partial charge in [-0.3, -0.25) is 9.59 Å². The number of carbonyl (C=O) groups is 2. The maximum atomic E-state index is 13.1. The number of aromatic nitrogens is 1. The van der Waals surface area contributed by atoms with E-state index in [1.807, 2.05) is 19.1 Å². The van der Waals surface area contributed by atoms with E-state index < -0.39 is 17.8 Å². The molecular weight excluding hydrogens is 390 g/mol. The van der Waals surface area contributed by atoms with Crippen molar-refractivity contribution in [3.05, 3.63) is 38.5 Å². The molecule has 0 bridgehead atoms. The Morgan fingerprint density at radius 2 is 1.89 bits per heavy atom. The van der Waals surface area contributed by atoms with E-state index in [0.29, 0.717) is 19.3 Å². The van der Waals surface area contributed by atoms with Crippen LogP contribution in [0.15, 0.2) is 17.5 Å². The van der Waals surface area contributed by atoms with Gasteiger partial charge in [-0.05, 0) is 51.0 Å². The first-order valence-electron chi connectivity index (χ1n) is 10.0. The standard InChI is InChI=1S/C22H25NO3S2/c1-13-12-27-21(23-13)20-16-9-3-2-4-10-18(16)28-19(20)11-17(24)14-7-5-6-8-15(14)22(25)26/h5-6,12,14-15H,2-4,7-11H2,1H3,(H,25,26)/t14-,15+/m0/s1. The van der Waals surface area contributed by atoms with Gasteiger partial charge < -0.3 is 5.11 Å². The third-order valence-corrected chi connectivity index (χ3v) is 8.09. The van der Waals surface area contributed by atoms with Crippen molar-refractivity contribution >= 4 is 34.4 Å². The van der Waals surface area contributed by atoms with E-state index in [2.05, 4.69) is 5.38 Å². The first-order chi connectivity index (χ1) is 13.5. The summed E-state index contributed by atoms with van der Waals surface area (Å²) in [4.78, 5) is 32.0. The molecule has 0 aliphatic heterocycles. The molecular formula is C22H25NO3S2. The van der Waals surface area contributed by atoms with E-state index in [0.717, 1.165) is 28.4 Å². The molecule has 2 aromatic heterocycles. The molecule has 28 heavy (non-hydrogen) atoms. The lowest BCUT2D eigenvalue weighted by Gasteiger charge is -2.23. The maximum absolute atomic E-state index is 13.1. The Balaban J connectivity index is 1.68. The second-order valence-electron chi connectivity index (χ2n) is 7.79. The van der Waals surface area contributed by atoms with Crippen molar-refractivity contribution in [3.63, 3.8) is 0 Å². The van der Waals surface area contributed by atoms with Gasteiger partial charge >= 0.3 is 5.97 Å². The molecule has 4 nitrogen and oxygen atoms in total. The van der Waals surface area contributed by atoms with Gasteiger partial charge in [-0.15, -0.1) is 22.7 Å². The monoisotopic (exact) mass is 415 g/mol. The lowest BCUT2D eigenvalue weighted by atomic mass is 9.79. The smallest absolute Gasteiger partial charge is 0.307 e. The zero-order valence-electron chi connectivity index (χ0n) is 16.1. The summed E-state index contributed by atoms with van der Waals surface area (Å²) in [6.45, 7) is 2.00. The molecule has 0 saturated heterocycles. The van der Waals surface area contributed by atoms with Gasteiger partial charge in [0.1, 0.15) is 10.8 Å². The van der Waals surface area contributed by atoms with Crippen LogP contribution in [0.25, 0.3) is 10.6 Å². The molecule has 148 valence electrons. The molecule has 0 saturated carbocycles. The third kappa shape index (κ3) is 3.85. The number of carboxylic acid groups (broad SMARTS) is 1. The molecule has 2 heterocycles. The summed E-state index contributed by atoms with van der Waals surface area (Å²) in [6.07, 6.45) is 10.9. The number of aryl methyl sites for hydroxylation is 2. The van der Waals surface area contributed by atoms with Crippen LogP contribution in [0.1, 0.15) is 53.1 Å². The minimum Gasteiger partial charge on any atom is -0.481 e. The van der Waals surface area contributed by atoms with E-state index in [1.54, 1.807) is 22.7 Å². The van der Waals surface area contributed by atoms with Gasteiger partial charge in [0.05, 0.1) is 5.92 Å². The number of thiazole rings is 1. The fourth-order valence-electron chi connectivity index (χ4n) is 4.37. The molecule has 2 aliphatic carbocycles. The molecule has 6 heteroatoms. The number of hydrogen-bond acceptors (Lipinski definition) is 5. The van der Waals surface area contributed by atoms with Crippen molar-refractivity contribution in [3.8, 4) is 10.6 Å². The SMILES string of the molecule is Cc1csc(-c2c(CC(=O)[C@H]3CC=CC[C@H]3C(=O)O)sc3c2CCCCC3)n1. The summed E-state index contributed by atoms with van der Waals surface area (Å²) in [5.74, 6) is -1.82. The summed E-state index contributed by atoms with van der Waals surface area (Å²) in [6, 6.07) is 0. The van der Waals surface area contributed by atoms with E-state index in [4.69, 9.17) is 4.98 Å². The van der Waals surface area contributed by atoms with Gasteiger partial charge in [0.2, 0.25) is 0 Å². The first kappa shape index (κ1) is 19.5. The maximum Gasteiger partial charge on any atom is 0.307 e. The van der Waals surface area contributed by atoms with Crippen molar-refractivity contribution in [1.82, 2.24) is 4.98 Å². The lowest BCUT2D eigenvalue weighted by molar-refractivity contribution is -0.146. The molecule has 0 aromatic carbocycles. The Kier molecular flexibility index (Phi) is 5.78. The highest BCUT2D eigenvalue weighted by Crippen LogP contribution is 2.42. The minimum absolute atomic E-state index is 0.0580. The summed E-state index contributed by atoms with van der Waals surface area (Å²) < 4.78 is 0. The number of nitrogens with zero attached hydrogens (tertiary/aromatic N) is 1. The number of carboxylic acids is 1. The van der Waals surface area contributed by atoms with Crippen LogP contribution in [-0.2, 0) is 28.9 Å². The summed E-state index contributed by atoms with van der Waals surface area (Å²) in [5.41, 5.74) is 3.57. The van der Waals surface area contributed by atoms with Crippen LogP contribution in [0.2, 0.25) is 0 Å². The Morgan fingerprint density at radius 1 is 1.14 bits per heavy atom. The second-order valence-corrected chi connectivity index (χ2v) is 9.84. The van der Waals surface area contributed by atoms with Crippen molar-refractivity contribution in [1.29, 1.82) is 0 Å². The number of thiophene rings is 1. The number of Topliss-reactive ketones (excluding diaryl/α,β-unsaturated/α-hetero) is 1. The number of hydrogen-bond donors (Lipinski definition) is 1. The zero-order chi connectivity index (χ0) is 19.7. The van der Waals surface area contributed by atoms with E-state index >= 15 is 0 Å². The Morgan fingerprint density at radius 3 is 2.61 bits per heavy atom. The van der Waals surface area contributed by atoms with Gasteiger partial charge in [-0.25, -0.2) is 4.98 Å². The van der Waals surface area contributed by atoms with Crippen LogP contribution in [-0.4, -0.2) is 21.8 Å². The highest BCUT2D eigenvalue weighted by Gasteiger charge is 2.35. The molecule has 0 fully saturated rings. The molecule has 0 unspecified atom stereocenters. The minimum atomic E-state index is -0.861. The third-order valence-electron chi connectivity index (χ3n) is 5.83. The normalized spacial score (nSPS) is 21.9. The Labute approximate surface area is 173 Å². The highest BCUT2D eigenvalue weighted by molar-refractivity contribution is 7.15. The molecule has 0 radical (unpaired) electrons. The number of carbonyl (C=O) groups excluding carboxylic acids is 1. The van der Waals surface area contributed by atoms with Crippen LogP contribution in [0.4, 0.5) is 0 Å². The molecule has 2 aliphatic rings. The Hall–Kier alpha value is -1.79. The highest BCUT2D eigenvalue weighted by atomic mass is 32.1. The average Bonchev–Trinajstić information content (AvgIpc) is 3.16. The predicted octanol–water partition coefficient (Wildman–Crippen LogP) is 5.23. The second kappa shape index (κ2) is 8.29. The van der Waals surface area contributed by atoms with Crippen molar-refractivity contribution in [2.45, 2.75) is 58.3 Å². The molecule has 2 atom stereocenters. The fraction of sp³-hybridized carbons (Fsp3) is 0.500.